The van der Waals surface area contributed by atoms with Gasteiger partial charge in [0.15, 0.2) is 0 Å². The van der Waals surface area contributed by atoms with E-state index in [0.29, 0.717) is 51.7 Å². The third kappa shape index (κ3) is 63.7. The third-order valence-corrected chi connectivity index (χ3v) is 5.31. The van der Waals surface area contributed by atoms with Gasteiger partial charge < -0.3 is 29.4 Å². The lowest BCUT2D eigenvalue weighted by Crippen LogP contribution is -1.83. The summed E-state index contributed by atoms with van der Waals surface area (Å²) in [6.07, 6.45) is 27.5. The van der Waals surface area contributed by atoms with Crippen LogP contribution >= 0.6 is 0 Å². The Hall–Kier alpha value is -1.40. The summed E-state index contributed by atoms with van der Waals surface area (Å²) in [5.74, 6) is 0. The van der Waals surface area contributed by atoms with E-state index >= 15 is 0 Å². The van der Waals surface area contributed by atoms with Crippen LogP contribution in [0, 0.1) is 0 Å². The first-order valence-electron chi connectivity index (χ1n) is 14.6. The maximum Gasteiger partial charge on any atom is 0.120 e. The van der Waals surface area contributed by atoms with Crippen LogP contribution < -0.4 is 0 Å². The van der Waals surface area contributed by atoms with Gasteiger partial charge in [-0.05, 0) is 25.7 Å². The number of rotatable bonds is 24. The summed E-state index contributed by atoms with van der Waals surface area (Å²) in [5, 5.41) is 17.0. The van der Waals surface area contributed by atoms with Gasteiger partial charge in [-0.2, -0.15) is 0 Å². The molecule has 6 nitrogen and oxygen atoms in total. The lowest BCUT2D eigenvalue weighted by Gasteiger charge is -1.98. The number of carbonyl (C=O) groups is 4. The Labute approximate surface area is 223 Å². The van der Waals surface area contributed by atoms with E-state index in [0.717, 1.165) is 38.0 Å². The van der Waals surface area contributed by atoms with Crippen molar-refractivity contribution in [2.45, 2.75) is 155 Å². The number of aliphatic hydroxyl groups excluding tert-OH is 2. The number of aldehydes is 4. The maximum atomic E-state index is 9.56. The second kappa shape index (κ2) is 50.5. The van der Waals surface area contributed by atoms with Crippen molar-refractivity contribution in [3.8, 4) is 0 Å². The van der Waals surface area contributed by atoms with Crippen LogP contribution in [0.15, 0.2) is 0 Å². The summed E-state index contributed by atoms with van der Waals surface area (Å²) in [5.41, 5.74) is 0. The molecule has 2 N–H and O–H groups in total. The molecular weight excluding hydrogens is 456 g/mol. The van der Waals surface area contributed by atoms with Crippen LogP contribution in [0.25, 0.3) is 0 Å². The monoisotopic (exact) mass is 516 g/mol. The van der Waals surface area contributed by atoms with Crippen molar-refractivity contribution in [2.75, 3.05) is 13.2 Å². The first-order chi connectivity index (χ1) is 17.7. The minimum absolute atomic E-state index is 0.370. The Kier molecular flexibility index (Phi) is 58.5. The van der Waals surface area contributed by atoms with Crippen LogP contribution in [0.2, 0.25) is 0 Å². The van der Waals surface area contributed by atoms with E-state index in [-0.39, 0.29) is 0 Å². The molecule has 36 heavy (non-hydrogen) atoms. The highest BCUT2D eigenvalue weighted by molar-refractivity contribution is 5.53. The molecule has 0 spiro atoms. The number of hydrogen-bond donors (Lipinski definition) is 2. The largest absolute Gasteiger partial charge is 0.396 e. The van der Waals surface area contributed by atoms with Gasteiger partial charge in [-0.3, -0.25) is 0 Å². The average Bonchev–Trinajstić information content (AvgIpc) is 2.90. The molecule has 0 aliphatic rings. The average molecular weight is 517 g/mol. The van der Waals surface area contributed by atoms with Gasteiger partial charge in [0.05, 0.1) is 0 Å². The van der Waals surface area contributed by atoms with Crippen molar-refractivity contribution in [2.24, 2.45) is 0 Å². The lowest BCUT2D eigenvalue weighted by atomic mass is 10.1. The fraction of sp³-hybridized carbons (Fsp3) is 0.867. The molecule has 0 amide bonds. The molecular formula is C30H60O6. The summed E-state index contributed by atoms with van der Waals surface area (Å²) in [4.78, 5) is 38.3. The van der Waals surface area contributed by atoms with E-state index in [1.807, 2.05) is 0 Å². The van der Waals surface area contributed by atoms with Crippen molar-refractivity contribution in [3.05, 3.63) is 0 Å². The van der Waals surface area contributed by atoms with Crippen molar-refractivity contribution >= 4 is 25.1 Å². The molecule has 216 valence electrons. The zero-order chi connectivity index (χ0) is 27.8. The fourth-order valence-corrected chi connectivity index (χ4v) is 3.06. The van der Waals surface area contributed by atoms with Gasteiger partial charge in [-0.25, -0.2) is 0 Å². The van der Waals surface area contributed by atoms with Crippen molar-refractivity contribution in [1.82, 2.24) is 0 Å². The third-order valence-electron chi connectivity index (χ3n) is 5.31. The van der Waals surface area contributed by atoms with Crippen LogP contribution in [-0.2, 0) is 19.2 Å². The zero-order valence-electron chi connectivity index (χ0n) is 23.8. The van der Waals surface area contributed by atoms with Gasteiger partial charge in [0, 0.05) is 38.9 Å². The van der Waals surface area contributed by atoms with Crippen molar-refractivity contribution < 1.29 is 29.4 Å². The van der Waals surface area contributed by atoms with Gasteiger partial charge in [-0.1, -0.05) is 104 Å². The molecule has 0 radical (unpaired) electrons. The number of aliphatic hydroxyl groups is 2. The summed E-state index contributed by atoms with van der Waals surface area (Å²) in [6.45, 7) is 5.22. The van der Waals surface area contributed by atoms with E-state index in [2.05, 4.69) is 13.8 Å². The molecule has 0 aromatic heterocycles. The first kappa shape index (κ1) is 41.7. The standard InChI is InChI=1S/2C10H22O.2C5H8O2/c2*1-2-3-4-5-6-7-8-9-10-11;2*6-4-2-1-3-5-7/h2*11H,2-10H2,1H3;2*4-5H,1-3H2. The first-order valence-corrected chi connectivity index (χ1v) is 14.6. The van der Waals surface area contributed by atoms with Crippen molar-refractivity contribution in [3.63, 3.8) is 0 Å². The quantitative estimate of drug-likeness (QED) is 0.103. The van der Waals surface area contributed by atoms with Crippen molar-refractivity contribution in [1.29, 1.82) is 0 Å². The molecule has 6 heteroatoms. The molecule has 0 aliphatic carbocycles. The molecule has 0 rings (SSSR count). The second-order valence-electron chi connectivity index (χ2n) is 8.93. The van der Waals surface area contributed by atoms with E-state index in [1.165, 1.54) is 89.9 Å². The molecule has 0 bridgehead atoms. The highest BCUT2D eigenvalue weighted by Crippen LogP contribution is 2.08. The molecule has 0 unspecified atom stereocenters. The van der Waals surface area contributed by atoms with E-state index < -0.39 is 0 Å². The van der Waals surface area contributed by atoms with Gasteiger partial charge >= 0.3 is 0 Å². The highest BCUT2D eigenvalue weighted by Gasteiger charge is 1.90. The molecule has 0 aromatic rings. The Balaban J connectivity index is -0.000000194. The highest BCUT2D eigenvalue weighted by atomic mass is 16.3. The number of carbonyl (C=O) groups excluding carboxylic acids is 4. The number of unbranched alkanes of at least 4 members (excludes halogenated alkanes) is 18. The fourth-order valence-electron chi connectivity index (χ4n) is 3.06. The molecule has 0 aromatic carbocycles. The summed E-state index contributed by atoms with van der Waals surface area (Å²) in [7, 11) is 0. The Morgan fingerprint density at radius 1 is 0.361 bits per heavy atom. The Morgan fingerprint density at radius 3 is 0.778 bits per heavy atom. The molecule has 0 atom stereocenters. The smallest absolute Gasteiger partial charge is 0.120 e. The van der Waals surface area contributed by atoms with E-state index in [4.69, 9.17) is 10.2 Å². The van der Waals surface area contributed by atoms with Gasteiger partial charge in [-0.15, -0.1) is 0 Å². The van der Waals surface area contributed by atoms with Gasteiger partial charge in [0.25, 0.3) is 0 Å². The van der Waals surface area contributed by atoms with Crippen LogP contribution in [0.1, 0.15) is 155 Å². The van der Waals surface area contributed by atoms with Gasteiger partial charge in [0.2, 0.25) is 0 Å². The molecule has 0 aliphatic heterocycles. The minimum Gasteiger partial charge on any atom is -0.396 e. The van der Waals surface area contributed by atoms with Crippen LogP contribution in [-0.4, -0.2) is 48.6 Å². The second-order valence-corrected chi connectivity index (χ2v) is 8.93. The molecule has 0 fully saturated rings. The number of hydrogen-bond acceptors (Lipinski definition) is 6. The predicted octanol–water partition coefficient (Wildman–Crippen LogP) is 7.35. The summed E-state index contributed by atoms with van der Waals surface area (Å²) >= 11 is 0. The normalized spacial score (nSPS) is 9.44. The topological polar surface area (TPSA) is 109 Å². The van der Waals surface area contributed by atoms with Crippen LogP contribution in [0.5, 0.6) is 0 Å². The Morgan fingerprint density at radius 2 is 0.583 bits per heavy atom. The molecule has 0 heterocycles. The molecule has 0 saturated carbocycles. The molecule has 0 saturated heterocycles. The van der Waals surface area contributed by atoms with Crippen LogP contribution in [0.3, 0.4) is 0 Å². The predicted molar refractivity (Wildman–Crippen MR) is 151 cm³/mol. The van der Waals surface area contributed by atoms with Crippen LogP contribution in [0.4, 0.5) is 0 Å². The zero-order valence-corrected chi connectivity index (χ0v) is 23.8. The van der Waals surface area contributed by atoms with Gasteiger partial charge in [0.1, 0.15) is 25.1 Å². The maximum absolute atomic E-state index is 9.56. The van der Waals surface area contributed by atoms with E-state index in [9.17, 15) is 19.2 Å². The Bertz CT molecular complexity index is 320. The van der Waals surface area contributed by atoms with E-state index in [1.54, 1.807) is 0 Å². The lowest BCUT2D eigenvalue weighted by molar-refractivity contribution is -0.110. The SMILES string of the molecule is CCCCCCCCCCO.CCCCCCCCCCO.O=CCCCC=O.O=CCCCC=O. The summed E-state index contributed by atoms with van der Waals surface area (Å²) in [6, 6.07) is 0. The minimum atomic E-state index is 0.370. The summed E-state index contributed by atoms with van der Waals surface area (Å²) < 4.78 is 0.